The molecule has 1 aromatic heterocycles. The monoisotopic (exact) mass is 799 g/mol. The second-order valence-corrected chi connectivity index (χ2v) is 16.2. The number of carbonyl (C=O) groups is 1. The van der Waals surface area contributed by atoms with Crippen molar-refractivity contribution in [1.29, 1.82) is 0 Å². The second kappa shape index (κ2) is 17.2. The van der Waals surface area contributed by atoms with E-state index in [0.29, 0.717) is 79.4 Å². The van der Waals surface area contributed by atoms with Crippen LogP contribution in [-0.2, 0) is 25.9 Å². The maximum Gasteiger partial charge on any atom is 0.387 e. The van der Waals surface area contributed by atoms with Crippen molar-refractivity contribution in [2.45, 2.75) is 44.8 Å². The van der Waals surface area contributed by atoms with Gasteiger partial charge < -0.3 is 28.9 Å². The van der Waals surface area contributed by atoms with Gasteiger partial charge >= 0.3 is 12.6 Å². The van der Waals surface area contributed by atoms with Crippen LogP contribution in [0.4, 0.5) is 14.5 Å². The van der Waals surface area contributed by atoms with Crippen molar-refractivity contribution in [3.05, 3.63) is 80.7 Å². The third-order valence-corrected chi connectivity index (χ3v) is 11.0. The molecule has 0 radical (unpaired) electrons. The highest BCUT2D eigenvalue weighted by molar-refractivity contribution is 7.92. The minimum Gasteiger partial charge on any atom is -0.619 e. The summed E-state index contributed by atoms with van der Waals surface area (Å²) in [5.41, 5.74) is 1.00. The highest BCUT2D eigenvalue weighted by Crippen LogP contribution is 2.39. The lowest BCUT2D eigenvalue weighted by Crippen LogP contribution is -2.43. The quantitative estimate of drug-likeness (QED) is 0.0853. The number of anilines is 1. The highest BCUT2D eigenvalue weighted by atomic mass is 35.5. The van der Waals surface area contributed by atoms with Gasteiger partial charge in [-0.3, -0.25) is 9.21 Å². The third-order valence-electron chi connectivity index (χ3n) is 9.19. The van der Waals surface area contributed by atoms with E-state index in [4.69, 9.17) is 46.9 Å². The van der Waals surface area contributed by atoms with Gasteiger partial charge in [-0.25, -0.2) is 13.2 Å². The first-order valence-corrected chi connectivity index (χ1v) is 20.0. The molecule has 2 heterocycles. The molecule has 12 nitrogen and oxygen atoms in total. The number of alkyl halides is 2. The zero-order valence-corrected chi connectivity index (χ0v) is 31.4. The average molecular weight is 801 g/mol. The molecule has 3 aromatic rings. The van der Waals surface area contributed by atoms with Crippen molar-refractivity contribution in [3.8, 4) is 17.2 Å². The van der Waals surface area contributed by atoms with Gasteiger partial charge in [0.15, 0.2) is 23.9 Å². The van der Waals surface area contributed by atoms with E-state index in [2.05, 4.69) is 4.90 Å². The van der Waals surface area contributed by atoms with E-state index in [1.165, 1.54) is 40.7 Å². The Hall–Kier alpha value is -3.63. The summed E-state index contributed by atoms with van der Waals surface area (Å²) in [5.74, 6) is -0.237. The standard InChI is InChI=1S/C36H41Cl2F2N3O9S/c1-53(46,47)43(11-10-41-12-14-48-15-13-41)26-7-8-27(33(17-26)49-21-23-2-3-23)35(44)51-32(18-28-29(37)19-42(45)20-30(28)38)25-6-9-31(52-36(39)40)34(16-25)50-22-24-4-5-24/h6-9,16-17,19-20,23-24,32,36H,2-5,10-15,18,21-22H2,1H3/t32-/m0/s1. The number of pyridine rings is 1. The average Bonchev–Trinajstić information content (AvgIpc) is 4.04. The van der Waals surface area contributed by atoms with Gasteiger partial charge in [-0.1, -0.05) is 29.3 Å². The van der Waals surface area contributed by atoms with Crippen LogP contribution in [0.1, 0.15) is 53.3 Å². The van der Waals surface area contributed by atoms with Gasteiger partial charge in [0.2, 0.25) is 10.0 Å². The fourth-order valence-corrected chi connectivity index (χ4v) is 7.35. The Morgan fingerprint density at radius 2 is 1.62 bits per heavy atom. The Kier molecular flexibility index (Phi) is 12.7. The molecule has 53 heavy (non-hydrogen) atoms. The van der Waals surface area contributed by atoms with Gasteiger partial charge in [-0.2, -0.15) is 13.5 Å². The fourth-order valence-electron chi connectivity index (χ4n) is 5.84. The largest absolute Gasteiger partial charge is 0.619 e. The van der Waals surface area contributed by atoms with Crippen LogP contribution in [-0.4, -0.2) is 84.8 Å². The van der Waals surface area contributed by atoms with Gasteiger partial charge in [0.05, 0.1) is 38.4 Å². The lowest BCUT2D eigenvalue weighted by Gasteiger charge is -2.30. The number of carbonyl (C=O) groups excluding carboxylic acids is 1. The van der Waals surface area contributed by atoms with Crippen LogP contribution in [0.25, 0.3) is 0 Å². The molecular formula is C36H41Cl2F2N3O9S. The summed E-state index contributed by atoms with van der Waals surface area (Å²) < 4.78 is 82.6. The van der Waals surface area contributed by atoms with Crippen LogP contribution in [0.5, 0.6) is 17.2 Å². The number of aromatic nitrogens is 1. The van der Waals surface area contributed by atoms with Gasteiger partial charge in [0.25, 0.3) is 0 Å². The maximum atomic E-state index is 14.1. The van der Waals surface area contributed by atoms with Crippen molar-refractivity contribution in [2.24, 2.45) is 11.8 Å². The zero-order chi connectivity index (χ0) is 37.7. The zero-order valence-electron chi connectivity index (χ0n) is 29.1. The van der Waals surface area contributed by atoms with Gasteiger partial charge in [0.1, 0.15) is 27.5 Å². The molecule has 3 fully saturated rings. The van der Waals surface area contributed by atoms with E-state index in [1.807, 2.05) is 0 Å². The predicted octanol–water partition coefficient (Wildman–Crippen LogP) is 6.04. The van der Waals surface area contributed by atoms with E-state index in [0.717, 1.165) is 44.3 Å². The topological polar surface area (TPSA) is 131 Å². The number of hydrogen-bond donors (Lipinski definition) is 0. The Morgan fingerprint density at radius 1 is 0.981 bits per heavy atom. The van der Waals surface area contributed by atoms with Crippen LogP contribution in [0.3, 0.4) is 0 Å². The number of esters is 1. The number of morpholine rings is 1. The summed E-state index contributed by atoms with van der Waals surface area (Å²) in [6, 6.07) is 8.73. The van der Waals surface area contributed by atoms with Gasteiger partial charge in [-0.15, -0.1) is 0 Å². The molecule has 3 aliphatic rings. The molecule has 1 aliphatic heterocycles. The fraction of sp³-hybridized carbons (Fsp3) is 0.500. The second-order valence-electron chi connectivity index (χ2n) is 13.5. The molecular weight excluding hydrogens is 759 g/mol. The van der Waals surface area contributed by atoms with Gasteiger partial charge in [-0.05, 0) is 67.3 Å². The molecule has 2 saturated carbocycles. The first-order valence-electron chi connectivity index (χ1n) is 17.4. The van der Waals surface area contributed by atoms with Crippen molar-refractivity contribution >= 4 is 44.9 Å². The van der Waals surface area contributed by atoms with Crippen molar-refractivity contribution in [1.82, 2.24) is 4.90 Å². The lowest BCUT2D eigenvalue weighted by atomic mass is 10.0. The molecule has 6 rings (SSSR count). The predicted molar refractivity (Wildman–Crippen MR) is 193 cm³/mol. The Bertz CT molecular complexity index is 1850. The first kappa shape index (κ1) is 39.1. The lowest BCUT2D eigenvalue weighted by molar-refractivity contribution is -0.605. The van der Waals surface area contributed by atoms with Gasteiger partial charge in [0, 0.05) is 44.2 Å². The van der Waals surface area contributed by atoms with Crippen LogP contribution in [0.15, 0.2) is 48.8 Å². The molecule has 0 amide bonds. The van der Waals surface area contributed by atoms with E-state index in [-0.39, 0.29) is 45.8 Å². The smallest absolute Gasteiger partial charge is 0.387 e. The summed E-state index contributed by atoms with van der Waals surface area (Å²) in [6.45, 7) is 0.663. The van der Waals surface area contributed by atoms with Crippen LogP contribution in [0, 0.1) is 17.0 Å². The molecule has 0 unspecified atom stereocenters. The highest BCUT2D eigenvalue weighted by Gasteiger charge is 2.30. The molecule has 1 saturated heterocycles. The molecule has 17 heteroatoms. The van der Waals surface area contributed by atoms with Crippen molar-refractivity contribution in [3.63, 3.8) is 0 Å². The van der Waals surface area contributed by atoms with Crippen LogP contribution < -0.4 is 23.2 Å². The molecule has 0 N–H and O–H groups in total. The van der Waals surface area contributed by atoms with Crippen LogP contribution >= 0.6 is 23.2 Å². The molecule has 1 atom stereocenters. The van der Waals surface area contributed by atoms with Crippen LogP contribution in [0.2, 0.25) is 10.0 Å². The Labute approximate surface area is 317 Å². The SMILES string of the molecule is CS(=O)(=O)N(CCN1CCOCC1)c1ccc(C(=O)O[C@@H](Cc2c(Cl)c[n+]([O-])cc2Cl)c2ccc(OC(F)F)c(OCC3CC3)c2)c(OCC2CC2)c1. The third kappa shape index (κ3) is 11.0. The molecule has 2 aromatic carbocycles. The van der Waals surface area contributed by atoms with E-state index < -0.39 is 28.7 Å². The maximum absolute atomic E-state index is 14.1. The summed E-state index contributed by atoms with van der Waals surface area (Å²) in [6.07, 6.45) is 5.95. The van der Waals surface area contributed by atoms with Crippen molar-refractivity contribution in [2.75, 3.05) is 63.2 Å². The first-order chi connectivity index (χ1) is 25.3. The van der Waals surface area contributed by atoms with Crippen molar-refractivity contribution < 1.29 is 50.4 Å². The summed E-state index contributed by atoms with van der Waals surface area (Å²) in [5, 5.41) is 12.0. The number of rotatable bonds is 18. The van der Waals surface area contributed by atoms with E-state index >= 15 is 0 Å². The Morgan fingerprint density at radius 3 is 2.23 bits per heavy atom. The number of hydrogen-bond acceptors (Lipinski definition) is 10. The summed E-state index contributed by atoms with van der Waals surface area (Å²) in [4.78, 5) is 16.2. The molecule has 0 bridgehead atoms. The number of sulfonamides is 1. The minimum atomic E-state index is -3.72. The minimum absolute atomic E-state index is 0.0205. The summed E-state index contributed by atoms with van der Waals surface area (Å²) in [7, 11) is -3.72. The number of benzene rings is 2. The molecule has 288 valence electrons. The molecule has 2 aliphatic carbocycles. The number of ether oxygens (including phenoxy) is 5. The van der Waals surface area contributed by atoms with E-state index in [1.54, 1.807) is 0 Å². The molecule has 0 spiro atoms. The summed E-state index contributed by atoms with van der Waals surface area (Å²) >= 11 is 12.9. The number of halogens is 4. The normalized spacial score (nSPS) is 17.0. The van der Waals surface area contributed by atoms with E-state index in [9.17, 15) is 27.2 Å². The Balaban J connectivity index is 1.32. The number of nitrogens with zero attached hydrogens (tertiary/aromatic N) is 3.